The van der Waals surface area contributed by atoms with Crippen molar-refractivity contribution in [3.63, 3.8) is 0 Å². The maximum Gasteiger partial charge on any atom is 0.280 e. The molecule has 4 N–H and O–H groups in total. The molecule has 1 aliphatic carbocycles. The van der Waals surface area contributed by atoms with Gasteiger partial charge in [0, 0.05) is 17.5 Å². The van der Waals surface area contributed by atoms with Crippen LogP contribution in [0, 0.1) is 0 Å². The van der Waals surface area contributed by atoms with Crippen molar-refractivity contribution < 1.29 is 19.7 Å². The second-order valence-electron chi connectivity index (χ2n) is 6.53. The van der Waals surface area contributed by atoms with E-state index in [1.54, 1.807) is 24.5 Å². The first-order chi connectivity index (χ1) is 13.1. The molecule has 0 unspecified atom stereocenters. The smallest absolute Gasteiger partial charge is 0.280 e. The van der Waals surface area contributed by atoms with Crippen LogP contribution < -0.4 is 16.0 Å². The van der Waals surface area contributed by atoms with Gasteiger partial charge in [0.05, 0.1) is 5.56 Å². The quantitative estimate of drug-likeness (QED) is 0.623. The van der Waals surface area contributed by atoms with Gasteiger partial charge in [0.2, 0.25) is 0 Å². The van der Waals surface area contributed by atoms with Crippen LogP contribution in [0.4, 0.5) is 5.00 Å². The summed E-state index contributed by atoms with van der Waals surface area (Å²) in [6.45, 7) is 0.329. The third kappa shape index (κ3) is 4.61. The van der Waals surface area contributed by atoms with Crippen molar-refractivity contribution in [2.75, 3.05) is 25.5 Å². The van der Waals surface area contributed by atoms with E-state index in [1.807, 2.05) is 18.2 Å². The molecule has 7 heteroatoms. The van der Waals surface area contributed by atoms with Gasteiger partial charge in [0.15, 0.2) is 18.9 Å². The molecule has 27 heavy (non-hydrogen) atoms. The first-order valence-corrected chi connectivity index (χ1v) is 9.98. The number of rotatable bonds is 7. The first kappa shape index (κ1) is 19.3. The van der Waals surface area contributed by atoms with Gasteiger partial charge >= 0.3 is 0 Å². The molecule has 3 rings (SSSR count). The Balaban J connectivity index is 1.80. The molecule has 6 nitrogen and oxygen atoms in total. The number of fused-ring (bicyclic) bond motifs is 1. The van der Waals surface area contributed by atoms with E-state index in [9.17, 15) is 14.4 Å². The van der Waals surface area contributed by atoms with Crippen LogP contribution in [0.25, 0.3) is 0 Å². The highest BCUT2D eigenvalue weighted by atomic mass is 32.1. The molecule has 0 spiro atoms. The minimum absolute atomic E-state index is 0.0420. The monoisotopic (exact) mass is 386 g/mol. The largest absolute Gasteiger partial charge is 0.354 e. The minimum Gasteiger partial charge on any atom is -0.354 e. The summed E-state index contributed by atoms with van der Waals surface area (Å²) in [6, 6.07) is 9.18. The second kappa shape index (κ2) is 8.92. The highest BCUT2D eigenvalue weighted by molar-refractivity contribution is 7.17. The molecule has 0 radical (unpaired) electrons. The van der Waals surface area contributed by atoms with E-state index in [2.05, 4.69) is 10.6 Å². The van der Waals surface area contributed by atoms with Crippen molar-refractivity contribution >= 4 is 33.9 Å². The number of ketones is 1. The van der Waals surface area contributed by atoms with Crippen molar-refractivity contribution in [1.29, 1.82) is 0 Å². The summed E-state index contributed by atoms with van der Waals surface area (Å²) in [7, 11) is 1.56. The standard InChI is InChI=1S/C20H23N3O3S/c1-21-16(24)11-22-12-17(25)23-20-18(14-9-5-6-10-15(14)27-20)19(26)13-7-3-2-4-8-13/h2-4,7-8,22H,5-6,9-12H2,1H3,(H,21,24)(H,23,25)/p+1. The lowest BCUT2D eigenvalue weighted by Gasteiger charge is -2.12. The van der Waals surface area contributed by atoms with E-state index in [-0.39, 0.29) is 30.7 Å². The molecule has 1 heterocycles. The molecule has 2 amide bonds. The lowest BCUT2D eigenvalue weighted by molar-refractivity contribution is -0.632. The number of thiophene rings is 1. The zero-order chi connectivity index (χ0) is 19.2. The Morgan fingerprint density at radius 1 is 1.04 bits per heavy atom. The van der Waals surface area contributed by atoms with E-state index < -0.39 is 0 Å². The topological polar surface area (TPSA) is 91.9 Å². The molecule has 0 aliphatic heterocycles. The van der Waals surface area contributed by atoms with Crippen molar-refractivity contribution in [1.82, 2.24) is 5.32 Å². The van der Waals surface area contributed by atoms with Gasteiger partial charge in [0.1, 0.15) is 5.00 Å². The Hall–Kier alpha value is -2.51. The van der Waals surface area contributed by atoms with Crippen LogP contribution in [0.5, 0.6) is 0 Å². The summed E-state index contributed by atoms with van der Waals surface area (Å²) in [5.74, 6) is -0.381. The van der Waals surface area contributed by atoms with Gasteiger partial charge in [-0.2, -0.15) is 0 Å². The molecule has 1 aromatic carbocycles. The fourth-order valence-electron chi connectivity index (χ4n) is 3.24. The predicted octanol–water partition coefficient (Wildman–Crippen LogP) is 1.11. The van der Waals surface area contributed by atoms with Gasteiger partial charge < -0.3 is 16.0 Å². The summed E-state index contributed by atoms with van der Waals surface area (Å²) >= 11 is 1.51. The van der Waals surface area contributed by atoms with Gasteiger partial charge in [0.25, 0.3) is 11.8 Å². The number of nitrogens with one attached hydrogen (secondary N) is 2. The summed E-state index contributed by atoms with van der Waals surface area (Å²) in [6.07, 6.45) is 4.00. The highest BCUT2D eigenvalue weighted by Crippen LogP contribution is 2.39. The lowest BCUT2D eigenvalue weighted by Crippen LogP contribution is -2.88. The van der Waals surface area contributed by atoms with Crippen LogP contribution in [0.3, 0.4) is 0 Å². The molecule has 1 aliphatic rings. The Kier molecular flexibility index (Phi) is 6.36. The normalized spacial score (nSPS) is 12.9. The molecular weight excluding hydrogens is 362 g/mol. The maximum atomic E-state index is 13.1. The predicted molar refractivity (Wildman–Crippen MR) is 105 cm³/mol. The van der Waals surface area contributed by atoms with Crippen LogP contribution in [0.1, 0.15) is 39.2 Å². The average Bonchev–Trinajstić information content (AvgIpc) is 3.05. The number of carbonyl (C=O) groups is 3. The number of carbonyl (C=O) groups excluding carboxylic acids is 3. The lowest BCUT2D eigenvalue weighted by atomic mass is 9.92. The molecular formula is C20H24N3O3S+. The van der Waals surface area contributed by atoms with Crippen LogP contribution in [0.2, 0.25) is 0 Å². The Labute approximate surface area is 162 Å². The Morgan fingerprint density at radius 2 is 1.74 bits per heavy atom. The van der Waals surface area contributed by atoms with Gasteiger partial charge in [-0.1, -0.05) is 30.3 Å². The summed E-state index contributed by atoms with van der Waals surface area (Å²) < 4.78 is 0. The zero-order valence-corrected chi connectivity index (χ0v) is 16.2. The van der Waals surface area contributed by atoms with Crippen LogP contribution in [0.15, 0.2) is 30.3 Å². The number of aryl methyl sites for hydroxylation is 1. The van der Waals surface area contributed by atoms with Crippen LogP contribution in [-0.4, -0.2) is 37.7 Å². The van der Waals surface area contributed by atoms with E-state index in [0.717, 1.165) is 31.2 Å². The number of benzene rings is 1. The molecule has 0 saturated carbocycles. The van der Waals surface area contributed by atoms with E-state index in [4.69, 9.17) is 0 Å². The Bertz CT molecular complexity index is 846. The van der Waals surface area contributed by atoms with Crippen molar-refractivity contribution in [3.05, 3.63) is 51.9 Å². The van der Waals surface area contributed by atoms with Crippen molar-refractivity contribution in [3.8, 4) is 0 Å². The van der Waals surface area contributed by atoms with Gasteiger partial charge in [-0.25, -0.2) is 0 Å². The number of hydrogen-bond acceptors (Lipinski definition) is 4. The highest BCUT2D eigenvalue weighted by Gasteiger charge is 2.27. The third-order valence-corrected chi connectivity index (χ3v) is 5.83. The molecule has 0 atom stereocenters. The molecule has 142 valence electrons. The summed E-state index contributed by atoms with van der Waals surface area (Å²) in [4.78, 5) is 37.9. The summed E-state index contributed by atoms with van der Waals surface area (Å²) in [5.41, 5.74) is 2.36. The number of likely N-dealkylation sites (N-methyl/N-ethyl adjacent to an activating group) is 1. The number of amides is 2. The zero-order valence-electron chi connectivity index (χ0n) is 15.3. The third-order valence-electron chi connectivity index (χ3n) is 4.63. The van der Waals surface area contributed by atoms with Gasteiger partial charge in [-0.3, -0.25) is 14.4 Å². The number of nitrogens with two attached hydrogens (primary N) is 1. The van der Waals surface area contributed by atoms with Crippen molar-refractivity contribution in [2.24, 2.45) is 0 Å². The van der Waals surface area contributed by atoms with E-state index in [0.29, 0.717) is 16.1 Å². The second-order valence-corrected chi connectivity index (χ2v) is 7.63. The van der Waals surface area contributed by atoms with Crippen molar-refractivity contribution in [2.45, 2.75) is 25.7 Å². The van der Waals surface area contributed by atoms with E-state index in [1.165, 1.54) is 16.2 Å². The molecule has 0 fully saturated rings. The van der Waals surface area contributed by atoms with Gasteiger partial charge in [-0.15, -0.1) is 11.3 Å². The molecule has 0 bridgehead atoms. The number of anilines is 1. The average molecular weight is 386 g/mol. The Morgan fingerprint density at radius 3 is 2.48 bits per heavy atom. The molecule has 1 aromatic heterocycles. The summed E-state index contributed by atoms with van der Waals surface area (Å²) in [5, 5.41) is 7.70. The number of quaternary nitrogens is 1. The number of hydrogen-bond donors (Lipinski definition) is 3. The van der Waals surface area contributed by atoms with Gasteiger partial charge in [-0.05, 0) is 31.2 Å². The van der Waals surface area contributed by atoms with Crippen LogP contribution in [-0.2, 0) is 22.4 Å². The van der Waals surface area contributed by atoms with Crippen LogP contribution >= 0.6 is 11.3 Å². The van der Waals surface area contributed by atoms with E-state index >= 15 is 0 Å². The minimum atomic E-state index is -0.209. The first-order valence-electron chi connectivity index (χ1n) is 9.16. The fourth-order valence-corrected chi connectivity index (χ4v) is 4.55. The SMILES string of the molecule is CNC(=O)C[NH2+]CC(=O)Nc1sc2c(c1C(=O)c1ccccc1)CCCC2. The molecule has 0 saturated heterocycles. The fraction of sp³-hybridized carbons (Fsp3) is 0.350. The maximum absolute atomic E-state index is 13.1. The molecule has 2 aromatic rings.